The van der Waals surface area contributed by atoms with Gasteiger partial charge in [0.05, 0.1) is 6.04 Å². The quantitative estimate of drug-likeness (QED) is 0.751. The third-order valence-corrected chi connectivity index (χ3v) is 2.94. The molecule has 4 heteroatoms. The van der Waals surface area contributed by atoms with E-state index in [9.17, 15) is 9.90 Å². The van der Waals surface area contributed by atoms with Crippen molar-refractivity contribution in [2.75, 3.05) is 0 Å². The van der Waals surface area contributed by atoms with E-state index in [2.05, 4.69) is 16.8 Å². The van der Waals surface area contributed by atoms with Gasteiger partial charge in [0.1, 0.15) is 0 Å². The molecular formula is C13H16N2O2. The van der Waals surface area contributed by atoms with Gasteiger partial charge in [-0.05, 0) is 18.1 Å². The van der Waals surface area contributed by atoms with Gasteiger partial charge in [0.2, 0.25) is 0 Å². The van der Waals surface area contributed by atoms with Gasteiger partial charge in [-0.15, -0.1) is 0 Å². The lowest BCUT2D eigenvalue weighted by atomic mass is 10.0. The van der Waals surface area contributed by atoms with E-state index >= 15 is 0 Å². The monoisotopic (exact) mass is 232 g/mol. The van der Waals surface area contributed by atoms with Crippen LogP contribution in [0.25, 0.3) is 10.9 Å². The summed E-state index contributed by atoms with van der Waals surface area (Å²) in [6, 6.07) is 8.18. The van der Waals surface area contributed by atoms with Crippen LogP contribution in [0.15, 0.2) is 30.5 Å². The zero-order valence-corrected chi connectivity index (χ0v) is 9.61. The summed E-state index contributed by atoms with van der Waals surface area (Å²) in [5.74, 6) is -1.00. The van der Waals surface area contributed by atoms with Crippen LogP contribution in [0.1, 0.15) is 18.4 Å². The van der Waals surface area contributed by atoms with Crippen molar-refractivity contribution >= 4 is 16.9 Å². The number of hydrogen-bond donors (Lipinski definition) is 2. The average Bonchev–Trinajstić information content (AvgIpc) is 2.70. The Morgan fingerprint density at radius 1 is 1.41 bits per heavy atom. The molecule has 2 aromatic rings. The smallest absolute Gasteiger partial charge is 0.0888 e. The number of fused-ring (bicyclic) bond motifs is 1. The number of carbonyl (C=O) groups is 1. The van der Waals surface area contributed by atoms with E-state index in [1.165, 1.54) is 10.9 Å². The lowest BCUT2D eigenvalue weighted by Gasteiger charge is -2.08. The second kappa shape index (κ2) is 5.01. The minimum Gasteiger partial charge on any atom is -0.550 e. The number of aromatic amines is 1. The lowest BCUT2D eigenvalue weighted by molar-refractivity contribution is -0.421. The molecule has 1 heterocycles. The van der Waals surface area contributed by atoms with Crippen LogP contribution in [-0.2, 0) is 11.2 Å². The normalized spacial score (nSPS) is 12.8. The number of carboxylic acid groups (broad SMARTS) is 1. The van der Waals surface area contributed by atoms with E-state index in [4.69, 9.17) is 0 Å². The summed E-state index contributed by atoms with van der Waals surface area (Å²) in [4.78, 5) is 13.6. The SMILES string of the molecule is [NH3+][C@@H](CCC(=O)[O-])Cc1c[nH]c2ccccc12. The highest BCUT2D eigenvalue weighted by atomic mass is 16.4. The Hall–Kier alpha value is -1.81. The number of aliphatic carboxylic acids is 1. The first kappa shape index (κ1) is 11.7. The molecule has 1 aromatic carbocycles. The van der Waals surface area contributed by atoms with Crippen LogP contribution in [-0.4, -0.2) is 17.0 Å². The summed E-state index contributed by atoms with van der Waals surface area (Å²) in [5.41, 5.74) is 6.29. The van der Waals surface area contributed by atoms with Crippen LogP contribution in [0.5, 0.6) is 0 Å². The van der Waals surface area contributed by atoms with Crippen molar-refractivity contribution < 1.29 is 15.6 Å². The van der Waals surface area contributed by atoms with Gasteiger partial charge >= 0.3 is 0 Å². The number of quaternary nitrogens is 1. The van der Waals surface area contributed by atoms with Gasteiger partial charge in [0.15, 0.2) is 0 Å². The molecular weight excluding hydrogens is 216 g/mol. The highest BCUT2D eigenvalue weighted by Crippen LogP contribution is 2.19. The molecule has 0 saturated heterocycles. The molecule has 2 rings (SSSR count). The molecule has 0 amide bonds. The molecule has 17 heavy (non-hydrogen) atoms. The zero-order chi connectivity index (χ0) is 12.3. The van der Waals surface area contributed by atoms with Crippen LogP contribution in [0.4, 0.5) is 0 Å². The van der Waals surface area contributed by atoms with E-state index in [1.54, 1.807) is 0 Å². The van der Waals surface area contributed by atoms with E-state index in [0.29, 0.717) is 6.42 Å². The largest absolute Gasteiger partial charge is 0.550 e. The first-order chi connectivity index (χ1) is 8.16. The number of rotatable bonds is 5. The van der Waals surface area contributed by atoms with Crippen LogP contribution in [0.2, 0.25) is 0 Å². The van der Waals surface area contributed by atoms with Gasteiger partial charge in [-0.3, -0.25) is 0 Å². The fraction of sp³-hybridized carbons (Fsp3) is 0.308. The fourth-order valence-corrected chi connectivity index (χ4v) is 2.04. The third-order valence-electron chi connectivity index (χ3n) is 2.94. The summed E-state index contributed by atoms with van der Waals surface area (Å²) in [6.45, 7) is 0. The first-order valence-corrected chi connectivity index (χ1v) is 5.74. The van der Waals surface area contributed by atoms with E-state index in [1.807, 2.05) is 24.4 Å². The molecule has 0 saturated carbocycles. The average molecular weight is 232 g/mol. The molecule has 4 N–H and O–H groups in total. The first-order valence-electron chi connectivity index (χ1n) is 5.74. The van der Waals surface area contributed by atoms with Gasteiger partial charge in [-0.2, -0.15) is 0 Å². The van der Waals surface area contributed by atoms with Crippen LogP contribution in [0, 0.1) is 0 Å². The van der Waals surface area contributed by atoms with Gasteiger partial charge in [-0.25, -0.2) is 0 Å². The molecule has 1 atom stereocenters. The van der Waals surface area contributed by atoms with Crippen molar-refractivity contribution in [2.45, 2.75) is 25.3 Å². The van der Waals surface area contributed by atoms with Crippen molar-refractivity contribution in [1.29, 1.82) is 0 Å². The molecule has 0 aliphatic heterocycles. The maximum absolute atomic E-state index is 10.4. The van der Waals surface area contributed by atoms with Gasteiger partial charge in [0.25, 0.3) is 0 Å². The number of nitrogens with one attached hydrogen (secondary N) is 1. The minimum atomic E-state index is -1.00. The van der Waals surface area contributed by atoms with Crippen molar-refractivity contribution in [3.63, 3.8) is 0 Å². The number of hydrogen-bond acceptors (Lipinski definition) is 2. The Bertz CT molecular complexity index is 519. The van der Waals surface area contributed by atoms with Gasteiger partial charge < -0.3 is 20.6 Å². The lowest BCUT2D eigenvalue weighted by Crippen LogP contribution is -2.62. The maximum Gasteiger partial charge on any atom is 0.0888 e. The maximum atomic E-state index is 10.4. The van der Waals surface area contributed by atoms with Crippen molar-refractivity contribution in [1.82, 2.24) is 4.98 Å². The molecule has 4 nitrogen and oxygen atoms in total. The number of aromatic nitrogens is 1. The molecule has 0 fully saturated rings. The topological polar surface area (TPSA) is 83.6 Å². The Morgan fingerprint density at radius 3 is 2.94 bits per heavy atom. The second-order valence-corrected chi connectivity index (χ2v) is 4.34. The number of para-hydroxylation sites is 1. The molecule has 0 bridgehead atoms. The Labute approximate surface area is 99.4 Å². The summed E-state index contributed by atoms with van der Waals surface area (Å²) in [6.07, 6.45) is 3.40. The van der Waals surface area contributed by atoms with Crippen LogP contribution >= 0.6 is 0 Å². The van der Waals surface area contributed by atoms with Crippen molar-refractivity contribution in [2.24, 2.45) is 0 Å². The van der Waals surface area contributed by atoms with E-state index in [0.717, 1.165) is 11.9 Å². The second-order valence-electron chi connectivity index (χ2n) is 4.34. The summed E-state index contributed by atoms with van der Waals surface area (Å²) in [7, 11) is 0. The standard InChI is InChI=1S/C13H16N2O2/c14-10(5-6-13(16)17)7-9-8-15-12-4-2-1-3-11(9)12/h1-4,8,10,15H,5-7,14H2,(H,16,17)/t10-/m0/s1. The van der Waals surface area contributed by atoms with Crippen LogP contribution < -0.4 is 10.8 Å². The van der Waals surface area contributed by atoms with Gasteiger partial charge in [-0.1, -0.05) is 18.2 Å². The molecule has 0 aliphatic carbocycles. The zero-order valence-electron chi connectivity index (χ0n) is 9.61. The number of benzene rings is 1. The molecule has 1 aromatic heterocycles. The molecule has 90 valence electrons. The summed E-state index contributed by atoms with van der Waals surface area (Å²) >= 11 is 0. The highest BCUT2D eigenvalue weighted by Gasteiger charge is 2.11. The summed E-state index contributed by atoms with van der Waals surface area (Å²) in [5, 5.41) is 11.6. The molecule has 0 spiro atoms. The van der Waals surface area contributed by atoms with Crippen molar-refractivity contribution in [3.05, 3.63) is 36.0 Å². The minimum absolute atomic E-state index is 0.0799. The number of H-pyrrole nitrogens is 1. The van der Waals surface area contributed by atoms with Gasteiger partial charge in [0, 0.05) is 35.9 Å². The third kappa shape index (κ3) is 2.85. The molecule has 0 unspecified atom stereocenters. The summed E-state index contributed by atoms with van der Waals surface area (Å²) < 4.78 is 0. The molecule has 0 aliphatic rings. The Morgan fingerprint density at radius 2 is 2.18 bits per heavy atom. The number of carbonyl (C=O) groups excluding carboxylic acids is 1. The highest BCUT2D eigenvalue weighted by molar-refractivity contribution is 5.83. The predicted molar refractivity (Wildman–Crippen MR) is 62.9 cm³/mol. The van der Waals surface area contributed by atoms with E-state index in [-0.39, 0.29) is 12.5 Å². The predicted octanol–water partition coefficient (Wildman–Crippen LogP) is -0.149. The Balaban J connectivity index is 2.05. The fourth-order valence-electron chi connectivity index (χ4n) is 2.04. The number of carboxylic acids is 1. The van der Waals surface area contributed by atoms with Crippen LogP contribution in [0.3, 0.4) is 0 Å². The Kier molecular flexibility index (Phi) is 3.44. The van der Waals surface area contributed by atoms with E-state index < -0.39 is 5.97 Å². The molecule has 0 radical (unpaired) electrons. The van der Waals surface area contributed by atoms with Crippen molar-refractivity contribution in [3.8, 4) is 0 Å².